The molecule has 0 radical (unpaired) electrons. The van der Waals surface area contributed by atoms with Crippen LogP contribution in [0.3, 0.4) is 0 Å². The largest absolute Gasteiger partial charge is 0.354 e. The van der Waals surface area contributed by atoms with Gasteiger partial charge in [0.2, 0.25) is 5.91 Å². The molecule has 0 unspecified atom stereocenters. The number of benzene rings is 2. The molecule has 0 atom stereocenters. The summed E-state index contributed by atoms with van der Waals surface area (Å²) in [5.74, 6) is 0.491. The summed E-state index contributed by atoms with van der Waals surface area (Å²) in [5.41, 5.74) is 3.68. The first-order valence-electron chi connectivity index (χ1n) is 10.5. The van der Waals surface area contributed by atoms with E-state index in [1.807, 2.05) is 24.3 Å². The Bertz CT molecular complexity index is 1010. The summed E-state index contributed by atoms with van der Waals surface area (Å²) < 4.78 is 1.30. The number of fused-ring (bicyclic) bond motifs is 1. The molecule has 2 heterocycles. The van der Waals surface area contributed by atoms with Crippen LogP contribution in [0, 0.1) is 13.8 Å². The second-order valence-corrected chi connectivity index (χ2v) is 10.3. The number of aromatic nitrogens is 1. The highest BCUT2D eigenvalue weighted by atomic mass is 35.5. The molecule has 1 saturated heterocycles. The number of piperazine rings is 1. The second-order valence-electron chi connectivity index (χ2n) is 7.79. The van der Waals surface area contributed by atoms with Gasteiger partial charge >= 0.3 is 0 Å². The summed E-state index contributed by atoms with van der Waals surface area (Å²) in [5, 5.41) is 4.87. The zero-order valence-corrected chi connectivity index (χ0v) is 20.2. The summed E-state index contributed by atoms with van der Waals surface area (Å²) in [6.45, 7) is 9.77. The van der Waals surface area contributed by atoms with Gasteiger partial charge in [0.25, 0.3) is 0 Å². The molecule has 0 spiro atoms. The van der Waals surface area contributed by atoms with E-state index < -0.39 is 0 Å². The van der Waals surface area contributed by atoms with Gasteiger partial charge in [-0.2, -0.15) is 0 Å². The highest BCUT2D eigenvalue weighted by Gasteiger charge is 2.20. The van der Waals surface area contributed by atoms with E-state index in [0.29, 0.717) is 17.3 Å². The molecule has 1 aliphatic rings. The van der Waals surface area contributed by atoms with Crippen molar-refractivity contribution in [2.24, 2.45) is 0 Å². The topological polar surface area (TPSA) is 48.5 Å². The Labute approximate surface area is 196 Å². The van der Waals surface area contributed by atoms with Gasteiger partial charge in [-0.3, -0.25) is 9.69 Å². The van der Waals surface area contributed by atoms with Crippen LogP contribution in [0.15, 0.2) is 41.3 Å². The maximum Gasteiger partial charge on any atom is 0.230 e. The quantitative estimate of drug-likeness (QED) is 0.507. The van der Waals surface area contributed by atoms with Crippen molar-refractivity contribution in [1.82, 2.24) is 15.2 Å². The van der Waals surface area contributed by atoms with Crippen molar-refractivity contribution in [2.45, 2.75) is 18.7 Å². The van der Waals surface area contributed by atoms with E-state index in [-0.39, 0.29) is 5.91 Å². The third kappa shape index (κ3) is 5.71. The summed E-state index contributed by atoms with van der Waals surface area (Å²) in [6.07, 6.45) is 0. The third-order valence-electron chi connectivity index (χ3n) is 5.51. The number of nitrogens with one attached hydrogen (secondary N) is 1. The van der Waals surface area contributed by atoms with Crippen molar-refractivity contribution in [3.63, 3.8) is 0 Å². The number of anilines is 1. The van der Waals surface area contributed by atoms with E-state index in [4.69, 9.17) is 16.6 Å². The first kappa shape index (κ1) is 22.4. The lowest BCUT2D eigenvalue weighted by molar-refractivity contribution is -0.118. The number of carbonyl (C=O) groups is 1. The molecule has 8 heteroatoms. The van der Waals surface area contributed by atoms with E-state index in [1.165, 1.54) is 27.6 Å². The predicted molar refractivity (Wildman–Crippen MR) is 133 cm³/mol. The van der Waals surface area contributed by atoms with Crippen LogP contribution in [0.1, 0.15) is 11.1 Å². The van der Waals surface area contributed by atoms with Gasteiger partial charge in [0, 0.05) is 49.2 Å². The lowest BCUT2D eigenvalue weighted by Gasteiger charge is -2.34. The van der Waals surface area contributed by atoms with Crippen LogP contribution < -0.4 is 10.2 Å². The van der Waals surface area contributed by atoms with E-state index in [9.17, 15) is 4.79 Å². The Balaban J connectivity index is 1.19. The first-order valence-corrected chi connectivity index (χ1v) is 12.7. The Kier molecular flexibility index (Phi) is 7.38. The number of nitrogens with zero attached hydrogens (tertiary/aromatic N) is 3. The molecule has 1 N–H and O–H groups in total. The van der Waals surface area contributed by atoms with E-state index in [0.717, 1.165) is 48.3 Å². The lowest BCUT2D eigenvalue weighted by Crippen LogP contribution is -2.48. The number of aryl methyl sites for hydroxylation is 2. The lowest BCUT2D eigenvalue weighted by atomic mass is 10.1. The van der Waals surface area contributed by atoms with E-state index in [1.54, 1.807) is 11.3 Å². The number of rotatable bonds is 7. The van der Waals surface area contributed by atoms with E-state index in [2.05, 4.69) is 41.1 Å². The summed E-state index contributed by atoms with van der Waals surface area (Å²) >= 11 is 9.22. The van der Waals surface area contributed by atoms with Crippen LogP contribution in [0.4, 0.5) is 5.13 Å². The minimum Gasteiger partial charge on any atom is -0.354 e. The van der Waals surface area contributed by atoms with Crippen molar-refractivity contribution in [3.8, 4) is 0 Å². The Morgan fingerprint density at radius 1 is 1.10 bits per heavy atom. The average molecular weight is 475 g/mol. The molecule has 3 aromatic rings. The molecular formula is C23H27ClN4OS2. The standard InChI is InChI=1S/C23H27ClN4OS2/c1-16-3-4-17(2)22-21(16)26-23(31-22)28-13-11-27(12-14-28)10-9-25-20(29)15-30-19-7-5-18(24)6-8-19/h3-8H,9-15H2,1-2H3,(H,25,29). The molecule has 1 aromatic heterocycles. The number of thioether (sulfide) groups is 1. The van der Waals surface area contributed by atoms with Gasteiger partial charge in [-0.15, -0.1) is 11.8 Å². The zero-order chi connectivity index (χ0) is 21.8. The van der Waals surface area contributed by atoms with Crippen molar-refractivity contribution in [1.29, 1.82) is 0 Å². The van der Waals surface area contributed by atoms with Gasteiger partial charge in [0.15, 0.2) is 5.13 Å². The number of hydrogen-bond donors (Lipinski definition) is 1. The van der Waals surface area contributed by atoms with Gasteiger partial charge in [0.1, 0.15) is 0 Å². The summed E-state index contributed by atoms with van der Waals surface area (Å²) in [7, 11) is 0. The molecule has 0 aliphatic carbocycles. The second kappa shape index (κ2) is 10.2. The van der Waals surface area contributed by atoms with E-state index >= 15 is 0 Å². The van der Waals surface area contributed by atoms with Gasteiger partial charge in [-0.1, -0.05) is 35.1 Å². The fourth-order valence-corrected chi connectivity index (χ4v) is 5.65. The van der Waals surface area contributed by atoms with Crippen LogP contribution in [0.5, 0.6) is 0 Å². The van der Waals surface area contributed by atoms with Crippen molar-refractivity contribution < 1.29 is 4.79 Å². The summed E-state index contributed by atoms with van der Waals surface area (Å²) in [6, 6.07) is 11.9. The van der Waals surface area contributed by atoms with Crippen LogP contribution in [0.25, 0.3) is 10.2 Å². The average Bonchev–Trinajstić information content (AvgIpc) is 3.23. The van der Waals surface area contributed by atoms with Crippen LogP contribution in [-0.2, 0) is 4.79 Å². The highest BCUT2D eigenvalue weighted by Crippen LogP contribution is 2.33. The molecule has 1 aliphatic heterocycles. The number of carbonyl (C=O) groups excluding carboxylic acids is 1. The molecule has 164 valence electrons. The molecule has 1 fully saturated rings. The Morgan fingerprint density at radius 2 is 1.81 bits per heavy atom. The molecule has 0 saturated carbocycles. The van der Waals surface area contributed by atoms with Crippen molar-refractivity contribution in [2.75, 3.05) is 49.9 Å². The first-order chi connectivity index (χ1) is 15.0. The number of thiazole rings is 1. The molecule has 31 heavy (non-hydrogen) atoms. The Morgan fingerprint density at radius 3 is 2.52 bits per heavy atom. The van der Waals surface area contributed by atoms with Gasteiger partial charge < -0.3 is 10.2 Å². The molecule has 4 rings (SSSR count). The van der Waals surface area contributed by atoms with Crippen molar-refractivity contribution >= 4 is 56.0 Å². The SMILES string of the molecule is Cc1ccc(C)c2sc(N3CCN(CCNC(=O)CSc4ccc(Cl)cc4)CC3)nc12. The van der Waals surface area contributed by atoms with Gasteiger partial charge in [0.05, 0.1) is 16.0 Å². The van der Waals surface area contributed by atoms with Gasteiger partial charge in [-0.25, -0.2) is 4.98 Å². The minimum absolute atomic E-state index is 0.0683. The normalized spacial score (nSPS) is 14.9. The maximum atomic E-state index is 12.1. The number of hydrogen-bond acceptors (Lipinski definition) is 6. The highest BCUT2D eigenvalue weighted by molar-refractivity contribution is 8.00. The number of halogens is 1. The molecule has 0 bridgehead atoms. The zero-order valence-electron chi connectivity index (χ0n) is 17.9. The molecular weight excluding hydrogens is 448 g/mol. The monoisotopic (exact) mass is 474 g/mol. The van der Waals surface area contributed by atoms with Crippen LogP contribution in [-0.4, -0.2) is 60.8 Å². The van der Waals surface area contributed by atoms with Crippen molar-refractivity contribution in [3.05, 3.63) is 52.5 Å². The maximum absolute atomic E-state index is 12.1. The van der Waals surface area contributed by atoms with Gasteiger partial charge in [-0.05, 0) is 49.2 Å². The van der Waals surface area contributed by atoms with Crippen LogP contribution >= 0.6 is 34.7 Å². The third-order valence-corrected chi connectivity index (χ3v) is 8.02. The smallest absolute Gasteiger partial charge is 0.230 e. The molecule has 2 aromatic carbocycles. The minimum atomic E-state index is 0.0683. The molecule has 1 amide bonds. The summed E-state index contributed by atoms with van der Waals surface area (Å²) in [4.78, 5) is 22.9. The predicted octanol–water partition coefficient (Wildman–Crippen LogP) is 4.60. The Hall–Kier alpha value is -1.80. The van der Waals surface area contributed by atoms with Crippen LogP contribution in [0.2, 0.25) is 5.02 Å². The fraction of sp³-hybridized carbons (Fsp3) is 0.391. The fourth-order valence-electron chi connectivity index (χ4n) is 3.63. The number of amides is 1. The molecule has 5 nitrogen and oxygen atoms in total.